The SMILES string of the molecule is CC(=O)OC[C@@H](NC(=O)[C@H](N)CC(=O)O)C(=O)NCC(=O)Oc1ccc([N+](=O)[O-])cc1. The van der Waals surface area contributed by atoms with Crippen LogP contribution in [-0.2, 0) is 28.7 Å². The fourth-order valence-corrected chi connectivity index (χ4v) is 2.03. The van der Waals surface area contributed by atoms with Crippen molar-refractivity contribution in [3.63, 3.8) is 0 Å². The second-order valence-corrected chi connectivity index (χ2v) is 6.01. The number of nitrogens with zero attached hydrogens (tertiary/aromatic N) is 1. The minimum Gasteiger partial charge on any atom is -0.481 e. The van der Waals surface area contributed by atoms with Crippen LogP contribution < -0.4 is 21.1 Å². The highest BCUT2D eigenvalue weighted by Gasteiger charge is 2.26. The van der Waals surface area contributed by atoms with E-state index in [1.54, 1.807) is 0 Å². The maximum atomic E-state index is 12.3. The fourth-order valence-electron chi connectivity index (χ4n) is 2.03. The molecule has 0 aliphatic rings. The Kier molecular flexibility index (Phi) is 9.52. The van der Waals surface area contributed by atoms with E-state index in [4.69, 9.17) is 15.6 Å². The van der Waals surface area contributed by atoms with Crippen LogP contribution in [-0.4, -0.2) is 65.0 Å². The average molecular weight is 440 g/mol. The average Bonchev–Trinajstić information content (AvgIpc) is 2.68. The minimum atomic E-state index is -1.46. The number of carboxylic acids is 1. The summed E-state index contributed by atoms with van der Waals surface area (Å²) in [4.78, 5) is 67.6. The third-order valence-corrected chi connectivity index (χ3v) is 3.50. The van der Waals surface area contributed by atoms with Gasteiger partial charge in [-0.3, -0.25) is 29.3 Å². The van der Waals surface area contributed by atoms with Crippen LogP contribution in [0, 0.1) is 10.1 Å². The van der Waals surface area contributed by atoms with E-state index in [1.165, 1.54) is 12.1 Å². The standard InChI is InChI=1S/C17H20N4O10/c1-9(22)30-8-13(20-16(26)12(18)6-14(23)24)17(27)19-7-15(25)31-11-4-2-10(3-5-11)21(28)29/h2-5,12-13H,6-8,18H2,1H3,(H,19,27)(H,20,26)(H,23,24)/t12-,13-/m1/s1. The first-order valence-electron chi connectivity index (χ1n) is 8.63. The molecule has 14 nitrogen and oxygen atoms in total. The summed E-state index contributed by atoms with van der Waals surface area (Å²) in [5.74, 6) is -4.94. The molecular weight excluding hydrogens is 420 g/mol. The second kappa shape index (κ2) is 11.8. The molecule has 1 rings (SSSR count). The molecule has 0 aliphatic heterocycles. The fraction of sp³-hybridized carbons (Fsp3) is 0.353. The number of non-ortho nitro benzene ring substituents is 1. The number of hydrogen-bond acceptors (Lipinski definition) is 10. The van der Waals surface area contributed by atoms with Crippen LogP contribution >= 0.6 is 0 Å². The maximum absolute atomic E-state index is 12.3. The van der Waals surface area contributed by atoms with E-state index in [0.717, 1.165) is 19.1 Å². The molecule has 2 atom stereocenters. The smallest absolute Gasteiger partial charge is 0.330 e. The molecule has 1 aromatic carbocycles. The molecule has 0 bridgehead atoms. The van der Waals surface area contributed by atoms with Crippen LogP contribution in [0.15, 0.2) is 24.3 Å². The van der Waals surface area contributed by atoms with Crippen molar-refractivity contribution < 1.29 is 43.5 Å². The summed E-state index contributed by atoms with van der Waals surface area (Å²) >= 11 is 0. The molecule has 0 fully saturated rings. The minimum absolute atomic E-state index is 0.00532. The molecule has 0 radical (unpaired) electrons. The van der Waals surface area contributed by atoms with Crippen molar-refractivity contribution in [2.45, 2.75) is 25.4 Å². The molecule has 0 heterocycles. The van der Waals surface area contributed by atoms with Gasteiger partial charge in [0.1, 0.15) is 24.9 Å². The summed E-state index contributed by atoms with van der Waals surface area (Å²) in [7, 11) is 0. The molecule has 31 heavy (non-hydrogen) atoms. The van der Waals surface area contributed by atoms with Crippen LogP contribution in [0.3, 0.4) is 0 Å². The third-order valence-electron chi connectivity index (χ3n) is 3.50. The third kappa shape index (κ3) is 9.31. The molecule has 2 amide bonds. The van der Waals surface area contributed by atoms with Crippen LogP contribution in [0.5, 0.6) is 5.75 Å². The number of carbonyl (C=O) groups is 5. The molecule has 1 aromatic rings. The lowest BCUT2D eigenvalue weighted by Crippen LogP contribution is -2.54. The van der Waals surface area contributed by atoms with E-state index in [1.807, 2.05) is 0 Å². The number of benzene rings is 1. The van der Waals surface area contributed by atoms with Gasteiger partial charge in [0.25, 0.3) is 5.69 Å². The molecule has 5 N–H and O–H groups in total. The Morgan fingerprint density at radius 3 is 2.29 bits per heavy atom. The van der Waals surface area contributed by atoms with Gasteiger partial charge in [-0.05, 0) is 12.1 Å². The molecule has 168 valence electrons. The predicted octanol–water partition coefficient (Wildman–Crippen LogP) is -1.53. The van der Waals surface area contributed by atoms with Gasteiger partial charge in [0.2, 0.25) is 11.8 Å². The normalized spacial score (nSPS) is 12.1. The first-order chi connectivity index (χ1) is 14.5. The summed E-state index contributed by atoms with van der Waals surface area (Å²) in [6.07, 6.45) is -0.699. The second-order valence-electron chi connectivity index (χ2n) is 6.01. The zero-order chi connectivity index (χ0) is 23.6. The van der Waals surface area contributed by atoms with E-state index in [2.05, 4.69) is 15.4 Å². The number of nitrogens with two attached hydrogens (primary N) is 1. The Bertz CT molecular complexity index is 855. The predicted molar refractivity (Wildman–Crippen MR) is 101 cm³/mol. The zero-order valence-electron chi connectivity index (χ0n) is 16.2. The van der Waals surface area contributed by atoms with E-state index < -0.39 is 66.3 Å². The number of rotatable bonds is 11. The number of esters is 2. The Labute approximate surface area is 174 Å². The van der Waals surface area contributed by atoms with E-state index in [0.29, 0.717) is 0 Å². The van der Waals surface area contributed by atoms with Crippen molar-refractivity contribution in [2.24, 2.45) is 5.73 Å². The lowest BCUT2D eigenvalue weighted by Gasteiger charge is -2.19. The number of carboxylic acid groups (broad SMARTS) is 1. The Hall–Kier alpha value is -4.07. The molecule has 14 heteroatoms. The van der Waals surface area contributed by atoms with Crippen LogP contribution in [0.25, 0.3) is 0 Å². The van der Waals surface area contributed by atoms with E-state index in [9.17, 15) is 34.1 Å². The van der Waals surface area contributed by atoms with Crippen molar-refractivity contribution in [2.75, 3.05) is 13.2 Å². The van der Waals surface area contributed by atoms with Gasteiger partial charge in [0.05, 0.1) is 17.4 Å². The van der Waals surface area contributed by atoms with Crippen molar-refractivity contribution in [3.8, 4) is 5.75 Å². The quantitative estimate of drug-likeness (QED) is 0.134. The monoisotopic (exact) mass is 440 g/mol. The van der Waals surface area contributed by atoms with Gasteiger partial charge in [0.15, 0.2) is 0 Å². The highest BCUT2D eigenvalue weighted by Crippen LogP contribution is 2.17. The molecular formula is C17H20N4O10. The Morgan fingerprint density at radius 2 is 1.77 bits per heavy atom. The summed E-state index contributed by atoms with van der Waals surface area (Å²) < 4.78 is 9.58. The number of nitro groups is 1. The van der Waals surface area contributed by atoms with Crippen LogP contribution in [0.2, 0.25) is 0 Å². The number of nitro benzene ring substituents is 1. The topological polar surface area (TPSA) is 217 Å². The Balaban J connectivity index is 2.66. The van der Waals surface area contributed by atoms with Crippen LogP contribution in [0.4, 0.5) is 5.69 Å². The highest BCUT2D eigenvalue weighted by molar-refractivity contribution is 5.92. The molecule has 0 saturated heterocycles. The van der Waals surface area contributed by atoms with Gasteiger partial charge in [-0.2, -0.15) is 0 Å². The number of carbonyl (C=O) groups excluding carboxylic acids is 4. The van der Waals surface area contributed by atoms with Crippen molar-refractivity contribution in [3.05, 3.63) is 34.4 Å². The number of hydrogen-bond donors (Lipinski definition) is 4. The Morgan fingerprint density at radius 1 is 1.16 bits per heavy atom. The lowest BCUT2D eigenvalue weighted by atomic mass is 10.2. The van der Waals surface area contributed by atoms with Gasteiger partial charge >= 0.3 is 17.9 Å². The first kappa shape index (κ1) is 25.0. The summed E-state index contributed by atoms with van der Waals surface area (Å²) in [6, 6.07) is 1.69. The molecule has 0 unspecified atom stereocenters. The van der Waals surface area contributed by atoms with Gasteiger partial charge in [-0.1, -0.05) is 0 Å². The number of amides is 2. The molecule has 0 saturated carbocycles. The maximum Gasteiger partial charge on any atom is 0.330 e. The van der Waals surface area contributed by atoms with Gasteiger partial charge in [-0.15, -0.1) is 0 Å². The van der Waals surface area contributed by atoms with Crippen molar-refractivity contribution in [1.82, 2.24) is 10.6 Å². The molecule has 0 aliphatic carbocycles. The van der Waals surface area contributed by atoms with Crippen molar-refractivity contribution >= 4 is 35.4 Å². The van der Waals surface area contributed by atoms with Crippen LogP contribution in [0.1, 0.15) is 13.3 Å². The first-order valence-corrected chi connectivity index (χ1v) is 8.63. The number of aliphatic carboxylic acids is 1. The number of nitrogens with one attached hydrogen (secondary N) is 2. The van der Waals surface area contributed by atoms with E-state index in [-0.39, 0.29) is 11.4 Å². The summed E-state index contributed by atoms with van der Waals surface area (Å²) in [5, 5.41) is 23.6. The zero-order valence-corrected chi connectivity index (χ0v) is 16.2. The lowest BCUT2D eigenvalue weighted by molar-refractivity contribution is -0.384. The van der Waals surface area contributed by atoms with Gasteiger partial charge in [0, 0.05) is 19.1 Å². The van der Waals surface area contributed by atoms with Crippen molar-refractivity contribution in [1.29, 1.82) is 0 Å². The summed E-state index contributed by atoms with van der Waals surface area (Å²) in [5.41, 5.74) is 5.20. The molecule has 0 aromatic heterocycles. The van der Waals surface area contributed by atoms with Gasteiger partial charge < -0.3 is 30.9 Å². The highest BCUT2D eigenvalue weighted by atomic mass is 16.6. The largest absolute Gasteiger partial charge is 0.481 e. The summed E-state index contributed by atoms with van der Waals surface area (Å²) in [6.45, 7) is -0.179. The molecule has 0 spiro atoms. The number of ether oxygens (including phenoxy) is 2. The van der Waals surface area contributed by atoms with Gasteiger partial charge in [-0.25, -0.2) is 4.79 Å². The van der Waals surface area contributed by atoms with E-state index >= 15 is 0 Å².